The molecule has 1 aliphatic rings. The third-order valence-electron chi connectivity index (χ3n) is 3.16. The van der Waals surface area contributed by atoms with E-state index < -0.39 is 0 Å². The number of anilines is 1. The zero-order chi connectivity index (χ0) is 14.2. The summed E-state index contributed by atoms with van der Waals surface area (Å²) in [6.07, 6.45) is 3.16. The fourth-order valence-corrected chi connectivity index (χ4v) is 4.81. The van der Waals surface area contributed by atoms with Gasteiger partial charge in [-0.25, -0.2) is 4.98 Å². The van der Waals surface area contributed by atoms with Gasteiger partial charge in [0.05, 0.1) is 5.69 Å². The molecule has 2 heterocycles. The number of aryl methyl sites for hydroxylation is 2. The molecule has 0 bridgehead atoms. The van der Waals surface area contributed by atoms with Gasteiger partial charge >= 0.3 is 0 Å². The van der Waals surface area contributed by atoms with Crippen LogP contribution < -0.4 is 5.32 Å². The minimum Gasteiger partial charge on any atom is -0.382 e. The Kier molecular flexibility index (Phi) is 7.10. The highest BCUT2D eigenvalue weighted by Crippen LogP contribution is 2.24. The van der Waals surface area contributed by atoms with Gasteiger partial charge in [0.1, 0.15) is 0 Å². The molecule has 0 aliphatic carbocycles. The molecule has 2 rings (SSSR count). The first-order valence-corrected chi connectivity index (χ1v) is 9.54. The molecule has 1 saturated heterocycles. The summed E-state index contributed by atoms with van der Waals surface area (Å²) >= 11 is 4.14. The molecule has 1 aliphatic heterocycles. The minimum atomic E-state index is 0.711. The van der Waals surface area contributed by atoms with Crippen LogP contribution in [0.4, 0.5) is 5.95 Å². The minimum absolute atomic E-state index is 0.711. The Balaban J connectivity index is 1.80. The number of hydrogen-bond donors (Lipinski definition) is 1. The van der Waals surface area contributed by atoms with E-state index in [-0.39, 0.29) is 0 Å². The Morgan fingerprint density at radius 3 is 3.15 bits per heavy atom. The van der Waals surface area contributed by atoms with Crippen LogP contribution in [0.2, 0.25) is 0 Å². The van der Waals surface area contributed by atoms with Crippen molar-refractivity contribution >= 4 is 29.5 Å². The molecular weight excluding hydrogens is 290 g/mol. The van der Waals surface area contributed by atoms with Gasteiger partial charge in [-0.1, -0.05) is 0 Å². The molecule has 6 heteroatoms. The molecule has 0 radical (unpaired) electrons. The molecule has 0 aromatic carbocycles. The van der Waals surface area contributed by atoms with Crippen molar-refractivity contribution in [3.8, 4) is 0 Å². The smallest absolute Gasteiger partial charge is 0.203 e. The van der Waals surface area contributed by atoms with E-state index >= 15 is 0 Å². The monoisotopic (exact) mass is 315 g/mol. The predicted molar refractivity (Wildman–Crippen MR) is 90.1 cm³/mol. The summed E-state index contributed by atoms with van der Waals surface area (Å²) in [4.78, 5) is 4.59. The van der Waals surface area contributed by atoms with Gasteiger partial charge in [0, 0.05) is 55.0 Å². The maximum atomic E-state index is 5.40. The highest BCUT2D eigenvalue weighted by Gasteiger charge is 2.15. The van der Waals surface area contributed by atoms with E-state index in [1.165, 1.54) is 17.3 Å². The molecule has 0 amide bonds. The summed E-state index contributed by atoms with van der Waals surface area (Å²) in [5.74, 6) is 4.84. The van der Waals surface area contributed by atoms with Gasteiger partial charge in [-0.15, -0.1) is 0 Å². The van der Waals surface area contributed by atoms with E-state index in [1.807, 2.05) is 6.92 Å². The number of thioether (sulfide) groups is 2. The Hall–Kier alpha value is -0.330. The molecule has 1 aromatic rings. The van der Waals surface area contributed by atoms with Crippen molar-refractivity contribution in [3.05, 3.63) is 11.9 Å². The largest absolute Gasteiger partial charge is 0.382 e. The zero-order valence-electron chi connectivity index (χ0n) is 12.4. The summed E-state index contributed by atoms with van der Waals surface area (Å²) in [5, 5.41) is 4.23. The van der Waals surface area contributed by atoms with E-state index in [9.17, 15) is 0 Å². The van der Waals surface area contributed by atoms with E-state index in [1.54, 1.807) is 0 Å². The Morgan fingerprint density at radius 1 is 1.50 bits per heavy atom. The first-order valence-electron chi connectivity index (χ1n) is 7.34. The number of ether oxygens (including phenoxy) is 1. The van der Waals surface area contributed by atoms with Crippen molar-refractivity contribution in [2.24, 2.45) is 0 Å². The summed E-state index contributed by atoms with van der Waals surface area (Å²) in [6.45, 7) is 7.69. The molecule has 1 unspecified atom stereocenters. The SMILES string of the molecule is CCOCCCn1cc(C)nc1NCC1CSCCS1. The van der Waals surface area contributed by atoms with Gasteiger partial charge in [0.2, 0.25) is 5.95 Å². The van der Waals surface area contributed by atoms with Crippen LogP contribution in [0.5, 0.6) is 0 Å². The highest BCUT2D eigenvalue weighted by molar-refractivity contribution is 8.06. The van der Waals surface area contributed by atoms with Gasteiger partial charge in [0.15, 0.2) is 0 Å². The topological polar surface area (TPSA) is 39.1 Å². The lowest BCUT2D eigenvalue weighted by Crippen LogP contribution is -2.24. The second kappa shape index (κ2) is 8.85. The van der Waals surface area contributed by atoms with Crippen LogP contribution in [0.15, 0.2) is 6.20 Å². The van der Waals surface area contributed by atoms with E-state index in [2.05, 4.69) is 51.5 Å². The van der Waals surface area contributed by atoms with Gasteiger partial charge in [0.25, 0.3) is 0 Å². The number of imidazole rings is 1. The molecule has 0 saturated carbocycles. The van der Waals surface area contributed by atoms with E-state index in [0.717, 1.165) is 44.4 Å². The molecule has 1 fully saturated rings. The molecule has 1 N–H and O–H groups in total. The van der Waals surface area contributed by atoms with Crippen LogP contribution >= 0.6 is 23.5 Å². The number of rotatable bonds is 8. The quantitative estimate of drug-likeness (QED) is 0.747. The Labute approximate surface area is 130 Å². The maximum Gasteiger partial charge on any atom is 0.203 e. The van der Waals surface area contributed by atoms with Crippen LogP contribution in [-0.4, -0.2) is 51.8 Å². The fraction of sp³-hybridized carbons (Fsp3) is 0.786. The third-order valence-corrected chi connectivity index (χ3v) is 6.01. The first kappa shape index (κ1) is 16.0. The van der Waals surface area contributed by atoms with Gasteiger partial charge < -0.3 is 14.6 Å². The van der Waals surface area contributed by atoms with Crippen LogP contribution in [0.25, 0.3) is 0 Å². The third kappa shape index (κ3) is 5.22. The number of aromatic nitrogens is 2. The molecule has 20 heavy (non-hydrogen) atoms. The molecule has 4 nitrogen and oxygen atoms in total. The summed E-state index contributed by atoms with van der Waals surface area (Å²) in [6, 6.07) is 0. The summed E-state index contributed by atoms with van der Waals surface area (Å²) in [7, 11) is 0. The van der Waals surface area contributed by atoms with Gasteiger partial charge in [-0.3, -0.25) is 0 Å². The predicted octanol–water partition coefficient (Wildman–Crippen LogP) is 2.88. The number of nitrogens with one attached hydrogen (secondary N) is 1. The lowest BCUT2D eigenvalue weighted by Gasteiger charge is -2.21. The van der Waals surface area contributed by atoms with E-state index in [0.29, 0.717) is 5.25 Å². The van der Waals surface area contributed by atoms with Gasteiger partial charge in [-0.05, 0) is 20.3 Å². The van der Waals surface area contributed by atoms with Crippen LogP contribution in [0, 0.1) is 6.92 Å². The highest BCUT2D eigenvalue weighted by atomic mass is 32.2. The molecule has 0 spiro atoms. The maximum absolute atomic E-state index is 5.40. The normalized spacial score (nSPS) is 19.2. The summed E-state index contributed by atoms with van der Waals surface area (Å²) < 4.78 is 7.61. The van der Waals surface area contributed by atoms with Crippen molar-refractivity contribution in [1.29, 1.82) is 0 Å². The average molecular weight is 316 g/mol. The average Bonchev–Trinajstić information content (AvgIpc) is 2.83. The van der Waals surface area contributed by atoms with Crippen LogP contribution in [-0.2, 0) is 11.3 Å². The standard InChI is InChI=1S/C14H25N3OS2/c1-3-18-6-4-5-17-10-12(2)16-14(17)15-9-13-11-19-7-8-20-13/h10,13H,3-9,11H2,1-2H3,(H,15,16). The molecule has 114 valence electrons. The lowest BCUT2D eigenvalue weighted by molar-refractivity contribution is 0.142. The Morgan fingerprint density at radius 2 is 2.40 bits per heavy atom. The first-order chi connectivity index (χ1) is 9.79. The molecule has 1 aromatic heterocycles. The fourth-order valence-electron chi connectivity index (χ4n) is 2.20. The van der Waals surface area contributed by atoms with Crippen molar-refractivity contribution in [1.82, 2.24) is 9.55 Å². The van der Waals surface area contributed by atoms with Crippen LogP contribution in [0.1, 0.15) is 19.0 Å². The van der Waals surface area contributed by atoms with Crippen molar-refractivity contribution in [3.63, 3.8) is 0 Å². The van der Waals surface area contributed by atoms with Crippen molar-refractivity contribution in [2.45, 2.75) is 32.1 Å². The van der Waals surface area contributed by atoms with Crippen molar-refractivity contribution < 1.29 is 4.74 Å². The van der Waals surface area contributed by atoms with Crippen LogP contribution in [0.3, 0.4) is 0 Å². The summed E-state index contributed by atoms with van der Waals surface area (Å²) in [5.41, 5.74) is 1.08. The second-order valence-corrected chi connectivity index (χ2v) is 7.46. The Bertz CT molecular complexity index is 392. The van der Waals surface area contributed by atoms with Crippen molar-refractivity contribution in [2.75, 3.05) is 42.3 Å². The zero-order valence-corrected chi connectivity index (χ0v) is 14.1. The second-order valence-electron chi connectivity index (χ2n) is 4.90. The molecule has 1 atom stereocenters. The number of nitrogens with zero attached hydrogens (tertiary/aromatic N) is 2. The van der Waals surface area contributed by atoms with E-state index in [4.69, 9.17) is 4.74 Å². The lowest BCUT2D eigenvalue weighted by atomic mass is 10.4. The van der Waals surface area contributed by atoms with Gasteiger partial charge in [-0.2, -0.15) is 23.5 Å². The number of hydrogen-bond acceptors (Lipinski definition) is 5. The molecular formula is C14H25N3OS2.